The number of para-hydroxylation sites is 1. The van der Waals surface area contributed by atoms with E-state index in [1.807, 2.05) is 7.05 Å². The van der Waals surface area contributed by atoms with Gasteiger partial charge in [-0.25, -0.2) is 9.07 Å². The third kappa shape index (κ3) is 1.72. The Kier molecular flexibility index (Phi) is 2.65. The predicted octanol–water partition coefficient (Wildman–Crippen LogP) is 1.46. The maximum atomic E-state index is 13.8. The van der Waals surface area contributed by atoms with Crippen molar-refractivity contribution in [3.8, 4) is 5.69 Å². The summed E-state index contributed by atoms with van der Waals surface area (Å²) in [6.45, 7) is 1.54. The van der Waals surface area contributed by atoms with Crippen molar-refractivity contribution in [1.29, 1.82) is 0 Å². The van der Waals surface area contributed by atoms with E-state index in [2.05, 4.69) is 10.00 Å². The maximum absolute atomic E-state index is 13.8. The van der Waals surface area contributed by atoms with Crippen LogP contribution in [0, 0.1) is 5.82 Å². The van der Waals surface area contributed by atoms with Crippen LogP contribution < -0.4 is 5.73 Å². The molecule has 1 atom stereocenters. The van der Waals surface area contributed by atoms with E-state index >= 15 is 0 Å². The molecule has 3 rings (SSSR count). The maximum Gasteiger partial charge on any atom is 0.148 e. The average Bonchev–Trinajstić information content (AvgIpc) is 2.73. The molecule has 2 heterocycles. The van der Waals surface area contributed by atoms with E-state index in [9.17, 15) is 4.39 Å². The number of hydrogen-bond donors (Lipinski definition) is 1. The Balaban J connectivity index is 2.13. The normalized spacial score (nSPS) is 19.8. The SMILES string of the molecule is CN1Cc2c(cnn2-c2ccccc2F)C(N)C1. The van der Waals surface area contributed by atoms with Crippen LogP contribution in [-0.4, -0.2) is 28.3 Å². The van der Waals surface area contributed by atoms with Crippen LogP contribution in [0.2, 0.25) is 0 Å². The van der Waals surface area contributed by atoms with Crippen molar-refractivity contribution in [2.24, 2.45) is 5.73 Å². The summed E-state index contributed by atoms with van der Waals surface area (Å²) < 4.78 is 15.5. The van der Waals surface area contributed by atoms with E-state index in [4.69, 9.17) is 5.73 Å². The minimum atomic E-state index is -0.273. The van der Waals surface area contributed by atoms with Gasteiger partial charge in [0.15, 0.2) is 0 Å². The molecule has 94 valence electrons. The van der Waals surface area contributed by atoms with E-state index < -0.39 is 0 Å². The first-order chi connectivity index (χ1) is 8.66. The lowest BCUT2D eigenvalue weighted by molar-refractivity contribution is 0.277. The van der Waals surface area contributed by atoms with Crippen LogP contribution in [0.1, 0.15) is 17.3 Å². The van der Waals surface area contributed by atoms with E-state index in [0.29, 0.717) is 5.69 Å². The van der Waals surface area contributed by atoms with Gasteiger partial charge in [-0.3, -0.25) is 4.90 Å². The topological polar surface area (TPSA) is 47.1 Å². The molecule has 1 aromatic carbocycles. The van der Waals surface area contributed by atoms with Crippen molar-refractivity contribution in [3.63, 3.8) is 0 Å². The fraction of sp³-hybridized carbons (Fsp3) is 0.308. The molecule has 0 spiro atoms. The fourth-order valence-corrected chi connectivity index (χ4v) is 2.44. The first-order valence-electron chi connectivity index (χ1n) is 5.92. The first kappa shape index (κ1) is 11.4. The molecule has 0 saturated carbocycles. The summed E-state index contributed by atoms with van der Waals surface area (Å²) in [6, 6.07) is 6.59. The second kappa shape index (κ2) is 4.19. The summed E-state index contributed by atoms with van der Waals surface area (Å²) in [6.07, 6.45) is 1.75. The quantitative estimate of drug-likeness (QED) is 0.828. The smallest absolute Gasteiger partial charge is 0.148 e. The molecule has 0 bridgehead atoms. The van der Waals surface area contributed by atoms with Crippen molar-refractivity contribution in [1.82, 2.24) is 14.7 Å². The van der Waals surface area contributed by atoms with Crippen LogP contribution in [-0.2, 0) is 6.54 Å². The highest BCUT2D eigenvalue weighted by molar-refractivity contribution is 5.38. The number of benzene rings is 1. The Morgan fingerprint density at radius 1 is 1.39 bits per heavy atom. The highest BCUT2D eigenvalue weighted by Gasteiger charge is 2.25. The Morgan fingerprint density at radius 3 is 2.94 bits per heavy atom. The van der Waals surface area contributed by atoms with Crippen LogP contribution in [0.3, 0.4) is 0 Å². The lowest BCUT2D eigenvalue weighted by Gasteiger charge is -2.28. The summed E-state index contributed by atoms with van der Waals surface area (Å²) >= 11 is 0. The van der Waals surface area contributed by atoms with Gasteiger partial charge in [0.2, 0.25) is 0 Å². The standard InChI is InChI=1S/C13H15FN4/c1-17-7-11(15)9-6-16-18(13(9)8-17)12-5-3-2-4-10(12)14/h2-6,11H,7-8,15H2,1H3. The zero-order chi connectivity index (χ0) is 12.7. The minimum Gasteiger partial charge on any atom is -0.323 e. The second-order valence-corrected chi connectivity index (χ2v) is 4.71. The Labute approximate surface area is 105 Å². The third-order valence-electron chi connectivity index (χ3n) is 3.31. The summed E-state index contributed by atoms with van der Waals surface area (Å²) in [5.74, 6) is -0.273. The number of aromatic nitrogens is 2. The average molecular weight is 246 g/mol. The van der Waals surface area contributed by atoms with Crippen LogP contribution in [0.15, 0.2) is 30.5 Å². The first-order valence-corrected chi connectivity index (χ1v) is 5.92. The molecule has 1 aliphatic heterocycles. The molecule has 4 nitrogen and oxygen atoms in total. The van der Waals surface area contributed by atoms with Crippen LogP contribution >= 0.6 is 0 Å². The monoisotopic (exact) mass is 246 g/mol. The molecule has 18 heavy (non-hydrogen) atoms. The van der Waals surface area contributed by atoms with Gasteiger partial charge in [-0.15, -0.1) is 0 Å². The molecular weight excluding hydrogens is 231 g/mol. The molecule has 0 radical (unpaired) electrons. The molecule has 5 heteroatoms. The Morgan fingerprint density at radius 2 is 2.17 bits per heavy atom. The van der Waals surface area contributed by atoms with Crippen LogP contribution in [0.4, 0.5) is 4.39 Å². The second-order valence-electron chi connectivity index (χ2n) is 4.71. The lowest BCUT2D eigenvalue weighted by Crippen LogP contribution is -2.35. The zero-order valence-corrected chi connectivity index (χ0v) is 10.2. The molecule has 0 saturated heterocycles. The van der Waals surface area contributed by atoms with Gasteiger partial charge in [0.05, 0.1) is 11.9 Å². The molecule has 2 aromatic rings. The number of halogens is 1. The number of nitrogens with zero attached hydrogens (tertiary/aromatic N) is 3. The summed E-state index contributed by atoms with van der Waals surface area (Å²) in [7, 11) is 2.00. The molecule has 2 N–H and O–H groups in total. The van der Waals surface area contributed by atoms with Gasteiger partial charge in [-0.1, -0.05) is 12.1 Å². The number of nitrogens with two attached hydrogens (primary N) is 1. The molecule has 1 aliphatic rings. The zero-order valence-electron chi connectivity index (χ0n) is 10.2. The van der Waals surface area contributed by atoms with Crippen molar-refractivity contribution >= 4 is 0 Å². The summed E-state index contributed by atoms with van der Waals surface area (Å²) in [5, 5.41) is 4.28. The summed E-state index contributed by atoms with van der Waals surface area (Å²) in [5.41, 5.74) is 8.53. The van der Waals surface area contributed by atoms with Gasteiger partial charge >= 0.3 is 0 Å². The molecule has 0 fully saturated rings. The minimum absolute atomic E-state index is 0.0562. The largest absolute Gasteiger partial charge is 0.323 e. The lowest BCUT2D eigenvalue weighted by atomic mass is 10.0. The van der Waals surface area contributed by atoms with E-state index in [-0.39, 0.29) is 11.9 Å². The number of fused-ring (bicyclic) bond motifs is 1. The van der Waals surface area contributed by atoms with Crippen LogP contribution in [0.5, 0.6) is 0 Å². The van der Waals surface area contributed by atoms with Gasteiger partial charge < -0.3 is 5.73 Å². The fourth-order valence-electron chi connectivity index (χ4n) is 2.44. The number of hydrogen-bond acceptors (Lipinski definition) is 3. The van der Waals surface area contributed by atoms with Crippen molar-refractivity contribution in [2.75, 3.05) is 13.6 Å². The van der Waals surface area contributed by atoms with E-state index in [1.165, 1.54) is 6.07 Å². The molecular formula is C13H15FN4. The number of likely N-dealkylation sites (N-methyl/N-ethyl adjacent to an activating group) is 1. The molecule has 0 aliphatic carbocycles. The van der Waals surface area contributed by atoms with E-state index in [1.54, 1.807) is 29.1 Å². The van der Waals surface area contributed by atoms with Gasteiger partial charge in [0, 0.05) is 24.7 Å². The van der Waals surface area contributed by atoms with E-state index in [0.717, 1.165) is 24.3 Å². The molecule has 1 unspecified atom stereocenters. The Hall–Kier alpha value is -1.72. The van der Waals surface area contributed by atoms with Crippen LogP contribution in [0.25, 0.3) is 5.69 Å². The summed E-state index contributed by atoms with van der Waals surface area (Å²) in [4.78, 5) is 2.12. The predicted molar refractivity (Wildman–Crippen MR) is 66.8 cm³/mol. The van der Waals surface area contributed by atoms with Crippen molar-refractivity contribution in [2.45, 2.75) is 12.6 Å². The van der Waals surface area contributed by atoms with Crippen molar-refractivity contribution < 1.29 is 4.39 Å². The van der Waals surface area contributed by atoms with Gasteiger partial charge in [-0.05, 0) is 19.2 Å². The van der Waals surface area contributed by atoms with Crippen molar-refractivity contribution in [3.05, 3.63) is 47.5 Å². The van der Waals surface area contributed by atoms with Gasteiger partial charge in [0.1, 0.15) is 11.5 Å². The highest BCUT2D eigenvalue weighted by atomic mass is 19.1. The highest BCUT2D eigenvalue weighted by Crippen LogP contribution is 2.26. The molecule has 0 amide bonds. The van der Waals surface area contributed by atoms with Gasteiger partial charge in [0.25, 0.3) is 0 Å². The molecule has 1 aromatic heterocycles. The number of rotatable bonds is 1. The third-order valence-corrected chi connectivity index (χ3v) is 3.31. The Bertz CT molecular complexity index is 578. The van der Waals surface area contributed by atoms with Gasteiger partial charge in [-0.2, -0.15) is 5.10 Å².